The molecule has 1 aliphatic heterocycles. The third-order valence-corrected chi connectivity index (χ3v) is 6.21. The maximum atomic E-state index is 3.92. The number of hydrogen-bond acceptors (Lipinski definition) is 2. The summed E-state index contributed by atoms with van der Waals surface area (Å²) in [5, 5.41) is 3.92. The minimum absolute atomic E-state index is 0.364. The van der Waals surface area contributed by atoms with Crippen LogP contribution in [0.1, 0.15) is 79.6 Å². The Hall–Kier alpha value is -0.0800. The highest BCUT2D eigenvalue weighted by Gasteiger charge is 2.44. The van der Waals surface area contributed by atoms with Gasteiger partial charge in [-0.1, -0.05) is 66.7 Å². The molecule has 2 aliphatic rings. The van der Waals surface area contributed by atoms with Crippen LogP contribution in [0.25, 0.3) is 0 Å². The lowest BCUT2D eigenvalue weighted by molar-refractivity contribution is -0.0203. The SMILES string of the molecule is CCC(CC)CN1CC(C(C)(C)C)NCC12CCCCC2. The van der Waals surface area contributed by atoms with E-state index < -0.39 is 0 Å². The Morgan fingerprint density at radius 1 is 1.10 bits per heavy atom. The molecular formula is C19H38N2. The predicted molar refractivity (Wildman–Crippen MR) is 92.7 cm³/mol. The topological polar surface area (TPSA) is 15.3 Å². The molecule has 1 atom stereocenters. The van der Waals surface area contributed by atoms with Gasteiger partial charge in [0.15, 0.2) is 0 Å². The molecule has 0 amide bonds. The third-order valence-electron chi connectivity index (χ3n) is 6.21. The molecule has 21 heavy (non-hydrogen) atoms. The molecule has 0 radical (unpaired) electrons. The van der Waals surface area contributed by atoms with Crippen molar-refractivity contribution in [2.45, 2.75) is 91.1 Å². The molecule has 2 rings (SSSR count). The van der Waals surface area contributed by atoms with Gasteiger partial charge >= 0.3 is 0 Å². The number of hydrogen-bond donors (Lipinski definition) is 1. The summed E-state index contributed by atoms with van der Waals surface area (Å²) in [6.07, 6.45) is 9.80. The summed E-state index contributed by atoms with van der Waals surface area (Å²) >= 11 is 0. The first-order chi connectivity index (χ1) is 9.91. The normalized spacial score (nSPS) is 27.4. The van der Waals surface area contributed by atoms with E-state index in [0.29, 0.717) is 17.0 Å². The molecule has 1 aliphatic carbocycles. The minimum atomic E-state index is 0.364. The minimum Gasteiger partial charge on any atom is -0.310 e. The van der Waals surface area contributed by atoms with Crippen molar-refractivity contribution in [1.82, 2.24) is 10.2 Å². The van der Waals surface area contributed by atoms with E-state index in [0.717, 1.165) is 5.92 Å². The van der Waals surface area contributed by atoms with Crippen molar-refractivity contribution in [3.05, 3.63) is 0 Å². The van der Waals surface area contributed by atoms with Gasteiger partial charge in [0.1, 0.15) is 0 Å². The molecule has 0 aromatic heterocycles. The molecule has 2 nitrogen and oxygen atoms in total. The first-order valence-electron chi connectivity index (χ1n) is 9.39. The van der Waals surface area contributed by atoms with Gasteiger partial charge in [0, 0.05) is 31.2 Å². The number of nitrogens with one attached hydrogen (secondary N) is 1. The maximum Gasteiger partial charge on any atom is 0.0334 e. The van der Waals surface area contributed by atoms with Gasteiger partial charge < -0.3 is 5.32 Å². The second-order valence-corrected chi connectivity index (χ2v) is 8.67. The highest BCUT2D eigenvalue weighted by molar-refractivity contribution is 5.03. The highest BCUT2D eigenvalue weighted by atomic mass is 15.3. The molecule has 1 unspecified atom stereocenters. The fourth-order valence-corrected chi connectivity index (χ4v) is 4.31. The van der Waals surface area contributed by atoms with E-state index in [4.69, 9.17) is 0 Å². The molecule has 2 fully saturated rings. The van der Waals surface area contributed by atoms with Crippen LogP contribution in [0, 0.1) is 11.3 Å². The Balaban J connectivity index is 2.13. The Labute approximate surface area is 133 Å². The van der Waals surface area contributed by atoms with Crippen molar-refractivity contribution >= 4 is 0 Å². The van der Waals surface area contributed by atoms with Crippen LogP contribution >= 0.6 is 0 Å². The lowest BCUT2D eigenvalue weighted by Crippen LogP contribution is -2.68. The summed E-state index contributed by atoms with van der Waals surface area (Å²) in [6.45, 7) is 15.7. The van der Waals surface area contributed by atoms with Gasteiger partial charge in [-0.25, -0.2) is 0 Å². The summed E-state index contributed by atoms with van der Waals surface area (Å²) in [4.78, 5) is 2.91. The van der Waals surface area contributed by atoms with Crippen LogP contribution in [-0.2, 0) is 0 Å². The summed E-state index contributed by atoms with van der Waals surface area (Å²) in [7, 11) is 0. The Bertz CT molecular complexity index is 308. The van der Waals surface area contributed by atoms with E-state index in [9.17, 15) is 0 Å². The molecule has 0 aromatic rings. The molecule has 1 heterocycles. The van der Waals surface area contributed by atoms with E-state index in [1.54, 1.807) is 0 Å². The molecule has 1 saturated heterocycles. The Morgan fingerprint density at radius 3 is 2.24 bits per heavy atom. The third kappa shape index (κ3) is 4.01. The van der Waals surface area contributed by atoms with Crippen LogP contribution < -0.4 is 5.32 Å². The van der Waals surface area contributed by atoms with E-state index in [1.165, 1.54) is 64.6 Å². The van der Waals surface area contributed by atoms with Crippen LogP contribution in [0.15, 0.2) is 0 Å². The zero-order chi connectivity index (χ0) is 15.5. The number of rotatable bonds is 4. The van der Waals surface area contributed by atoms with Crippen LogP contribution in [0.5, 0.6) is 0 Å². The lowest BCUT2D eigenvalue weighted by Gasteiger charge is -2.55. The summed E-state index contributed by atoms with van der Waals surface area (Å²) in [6, 6.07) is 0.638. The van der Waals surface area contributed by atoms with E-state index in [-0.39, 0.29) is 0 Å². The number of nitrogens with zero attached hydrogens (tertiary/aromatic N) is 1. The summed E-state index contributed by atoms with van der Waals surface area (Å²) in [5.74, 6) is 0.877. The largest absolute Gasteiger partial charge is 0.310 e. The molecule has 1 saturated carbocycles. The highest BCUT2D eigenvalue weighted by Crippen LogP contribution is 2.38. The molecule has 0 bridgehead atoms. The van der Waals surface area contributed by atoms with Crippen molar-refractivity contribution < 1.29 is 0 Å². The van der Waals surface area contributed by atoms with Gasteiger partial charge in [-0.15, -0.1) is 0 Å². The van der Waals surface area contributed by atoms with Crippen LogP contribution in [0.2, 0.25) is 0 Å². The van der Waals surface area contributed by atoms with Crippen molar-refractivity contribution in [2.75, 3.05) is 19.6 Å². The Morgan fingerprint density at radius 2 is 1.71 bits per heavy atom. The quantitative estimate of drug-likeness (QED) is 0.824. The fourth-order valence-electron chi connectivity index (χ4n) is 4.31. The van der Waals surface area contributed by atoms with Gasteiger partial charge in [-0.2, -0.15) is 0 Å². The fraction of sp³-hybridized carbons (Fsp3) is 1.00. The van der Waals surface area contributed by atoms with E-state index in [2.05, 4.69) is 44.8 Å². The first kappa shape index (κ1) is 17.3. The second-order valence-electron chi connectivity index (χ2n) is 8.67. The monoisotopic (exact) mass is 294 g/mol. The van der Waals surface area contributed by atoms with E-state index >= 15 is 0 Å². The summed E-state index contributed by atoms with van der Waals surface area (Å²) in [5.41, 5.74) is 0.838. The molecular weight excluding hydrogens is 256 g/mol. The maximum absolute atomic E-state index is 3.92. The zero-order valence-electron chi connectivity index (χ0n) is 15.2. The van der Waals surface area contributed by atoms with Gasteiger partial charge in [-0.05, 0) is 24.2 Å². The smallest absolute Gasteiger partial charge is 0.0334 e. The van der Waals surface area contributed by atoms with Crippen molar-refractivity contribution in [2.24, 2.45) is 11.3 Å². The van der Waals surface area contributed by atoms with Crippen LogP contribution in [0.4, 0.5) is 0 Å². The zero-order valence-corrected chi connectivity index (χ0v) is 15.2. The first-order valence-corrected chi connectivity index (χ1v) is 9.39. The van der Waals surface area contributed by atoms with Crippen molar-refractivity contribution in [1.29, 1.82) is 0 Å². The molecule has 1 spiro atoms. The van der Waals surface area contributed by atoms with Gasteiger partial charge in [-0.3, -0.25) is 4.90 Å². The van der Waals surface area contributed by atoms with Crippen molar-refractivity contribution in [3.63, 3.8) is 0 Å². The Kier molecular flexibility index (Phi) is 5.76. The second kappa shape index (κ2) is 7.00. The van der Waals surface area contributed by atoms with Gasteiger partial charge in [0.05, 0.1) is 0 Å². The number of piperazine rings is 1. The molecule has 2 heteroatoms. The van der Waals surface area contributed by atoms with Crippen molar-refractivity contribution in [3.8, 4) is 0 Å². The molecule has 0 aromatic carbocycles. The predicted octanol–water partition coefficient (Wildman–Crippen LogP) is 4.45. The van der Waals surface area contributed by atoms with Gasteiger partial charge in [0.2, 0.25) is 0 Å². The average molecular weight is 295 g/mol. The van der Waals surface area contributed by atoms with Crippen LogP contribution in [-0.4, -0.2) is 36.1 Å². The molecule has 1 N–H and O–H groups in total. The lowest BCUT2D eigenvalue weighted by atomic mass is 9.75. The average Bonchev–Trinajstić information content (AvgIpc) is 2.46. The van der Waals surface area contributed by atoms with Crippen LogP contribution in [0.3, 0.4) is 0 Å². The van der Waals surface area contributed by atoms with Gasteiger partial charge in [0.25, 0.3) is 0 Å². The van der Waals surface area contributed by atoms with E-state index in [1.807, 2.05) is 0 Å². The summed E-state index contributed by atoms with van der Waals surface area (Å²) < 4.78 is 0. The molecule has 124 valence electrons. The standard InChI is InChI=1S/C19H38N2/c1-6-16(7-2)13-21-14-17(18(3,4)5)20-15-19(21)11-9-8-10-12-19/h16-17,20H,6-15H2,1-5H3.